The van der Waals surface area contributed by atoms with Crippen LogP contribution in [0.4, 0.5) is 0 Å². The summed E-state index contributed by atoms with van der Waals surface area (Å²) in [6, 6.07) is 7.87. The molecular formula is C13H16N2O. The normalized spacial score (nSPS) is 12.9. The van der Waals surface area contributed by atoms with E-state index in [0.717, 1.165) is 16.3 Å². The fourth-order valence-electron chi connectivity index (χ4n) is 1.84. The summed E-state index contributed by atoms with van der Waals surface area (Å²) in [5.74, 6) is 0. The molecule has 0 saturated carbocycles. The van der Waals surface area contributed by atoms with Gasteiger partial charge in [0.1, 0.15) is 0 Å². The van der Waals surface area contributed by atoms with Crippen molar-refractivity contribution in [1.29, 1.82) is 0 Å². The Labute approximate surface area is 94.5 Å². The molecular weight excluding hydrogens is 200 g/mol. The molecule has 0 aliphatic carbocycles. The fraction of sp³-hybridized carbons (Fsp3) is 0.308. The lowest BCUT2D eigenvalue weighted by atomic mass is 10.1. The molecule has 1 aromatic heterocycles. The Morgan fingerprint density at radius 1 is 1.38 bits per heavy atom. The van der Waals surface area contributed by atoms with E-state index in [4.69, 9.17) is 5.73 Å². The molecule has 2 aromatic rings. The third kappa shape index (κ3) is 1.74. The highest BCUT2D eigenvalue weighted by Gasteiger charge is 2.07. The summed E-state index contributed by atoms with van der Waals surface area (Å²) in [4.78, 5) is 12.1. The van der Waals surface area contributed by atoms with Crippen molar-refractivity contribution in [3.63, 3.8) is 0 Å². The minimum atomic E-state index is 0.0375. The number of hydrogen-bond acceptors (Lipinski definition) is 2. The maximum absolute atomic E-state index is 12.1. The van der Waals surface area contributed by atoms with Gasteiger partial charge >= 0.3 is 0 Å². The van der Waals surface area contributed by atoms with Crippen LogP contribution in [0.3, 0.4) is 0 Å². The predicted molar refractivity (Wildman–Crippen MR) is 66.7 cm³/mol. The molecule has 1 unspecified atom stereocenters. The van der Waals surface area contributed by atoms with Gasteiger partial charge in [-0.2, -0.15) is 0 Å². The van der Waals surface area contributed by atoms with Crippen molar-refractivity contribution in [3.8, 4) is 0 Å². The molecule has 1 atom stereocenters. The Balaban J connectivity index is 2.71. The number of fused-ring (bicyclic) bond motifs is 1. The molecule has 0 fully saturated rings. The highest BCUT2D eigenvalue weighted by Crippen LogP contribution is 2.13. The topological polar surface area (TPSA) is 48.0 Å². The van der Waals surface area contributed by atoms with Gasteiger partial charge in [-0.05, 0) is 31.4 Å². The molecule has 0 radical (unpaired) electrons. The first kappa shape index (κ1) is 10.9. The number of rotatable bonds is 2. The highest BCUT2D eigenvalue weighted by atomic mass is 16.1. The smallest absolute Gasteiger partial charge is 0.258 e. The van der Waals surface area contributed by atoms with E-state index in [0.29, 0.717) is 6.54 Å². The molecule has 0 aliphatic rings. The van der Waals surface area contributed by atoms with Crippen LogP contribution in [0.15, 0.2) is 35.3 Å². The van der Waals surface area contributed by atoms with Gasteiger partial charge in [-0.1, -0.05) is 17.7 Å². The summed E-state index contributed by atoms with van der Waals surface area (Å²) in [6.45, 7) is 4.44. The number of aromatic nitrogens is 1. The molecule has 16 heavy (non-hydrogen) atoms. The Bertz CT molecular complexity index is 572. The predicted octanol–water partition coefficient (Wildman–Crippen LogP) is 1.83. The van der Waals surface area contributed by atoms with Crippen LogP contribution in [0.1, 0.15) is 18.5 Å². The number of hydrogen-bond donors (Lipinski definition) is 1. The Hall–Kier alpha value is -1.61. The highest BCUT2D eigenvalue weighted by molar-refractivity contribution is 5.82. The summed E-state index contributed by atoms with van der Waals surface area (Å²) in [7, 11) is 0. The molecule has 2 N–H and O–H groups in total. The van der Waals surface area contributed by atoms with Crippen LogP contribution in [-0.4, -0.2) is 11.1 Å². The largest absolute Gasteiger partial charge is 0.328 e. The quantitative estimate of drug-likeness (QED) is 0.832. The van der Waals surface area contributed by atoms with E-state index in [1.165, 1.54) is 0 Å². The molecule has 0 spiro atoms. The molecule has 0 bridgehead atoms. The Morgan fingerprint density at radius 2 is 2.12 bits per heavy atom. The SMILES string of the molecule is Cc1ccc2c(=O)n(C(C)CN)ccc2c1. The average Bonchev–Trinajstić information content (AvgIpc) is 2.28. The molecule has 1 aromatic carbocycles. The van der Waals surface area contributed by atoms with Gasteiger partial charge in [-0.3, -0.25) is 4.79 Å². The number of pyridine rings is 1. The zero-order valence-electron chi connectivity index (χ0n) is 9.60. The number of aryl methyl sites for hydroxylation is 1. The first-order valence-corrected chi connectivity index (χ1v) is 5.45. The average molecular weight is 216 g/mol. The second-order valence-electron chi connectivity index (χ2n) is 4.20. The summed E-state index contributed by atoms with van der Waals surface area (Å²) in [5, 5.41) is 1.75. The van der Waals surface area contributed by atoms with Gasteiger partial charge in [0.15, 0.2) is 0 Å². The molecule has 0 aliphatic heterocycles. The van der Waals surface area contributed by atoms with E-state index >= 15 is 0 Å². The van der Waals surface area contributed by atoms with Crippen molar-refractivity contribution >= 4 is 10.8 Å². The lowest BCUT2D eigenvalue weighted by molar-refractivity contribution is 0.543. The van der Waals surface area contributed by atoms with Crippen LogP contribution >= 0.6 is 0 Å². The summed E-state index contributed by atoms with van der Waals surface area (Å²) >= 11 is 0. The zero-order valence-corrected chi connectivity index (χ0v) is 9.60. The standard InChI is InChI=1S/C13H16N2O/c1-9-3-4-12-11(7-9)5-6-15(13(12)16)10(2)8-14/h3-7,10H,8,14H2,1-2H3. The number of benzene rings is 1. The third-order valence-corrected chi connectivity index (χ3v) is 2.90. The second-order valence-corrected chi connectivity index (χ2v) is 4.20. The van der Waals surface area contributed by atoms with Gasteiger partial charge in [0.05, 0.1) is 0 Å². The Morgan fingerprint density at radius 3 is 2.81 bits per heavy atom. The first-order chi connectivity index (χ1) is 7.63. The zero-order chi connectivity index (χ0) is 11.7. The van der Waals surface area contributed by atoms with Crippen LogP contribution in [0.25, 0.3) is 10.8 Å². The second kappa shape index (κ2) is 4.10. The van der Waals surface area contributed by atoms with Crippen molar-refractivity contribution in [2.75, 3.05) is 6.54 Å². The number of nitrogens with two attached hydrogens (primary N) is 1. The molecule has 3 nitrogen and oxygen atoms in total. The molecule has 1 heterocycles. The summed E-state index contributed by atoms with van der Waals surface area (Å²) in [5.41, 5.74) is 6.78. The van der Waals surface area contributed by atoms with E-state index in [1.807, 2.05) is 44.3 Å². The molecule has 0 amide bonds. The van der Waals surface area contributed by atoms with Crippen LogP contribution in [0.5, 0.6) is 0 Å². The lowest BCUT2D eigenvalue weighted by Crippen LogP contribution is -2.27. The van der Waals surface area contributed by atoms with Crippen LogP contribution in [-0.2, 0) is 0 Å². The van der Waals surface area contributed by atoms with Crippen molar-refractivity contribution < 1.29 is 0 Å². The van der Waals surface area contributed by atoms with Crippen LogP contribution in [0.2, 0.25) is 0 Å². The van der Waals surface area contributed by atoms with Gasteiger partial charge in [0.2, 0.25) is 0 Å². The Kier molecular flexibility index (Phi) is 2.79. The monoisotopic (exact) mass is 216 g/mol. The van der Waals surface area contributed by atoms with Crippen LogP contribution in [0, 0.1) is 6.92 Å². The van der Waals surface area contributed by atoms with Crippen molar-refractivity contribution in [3.05, 3.63) is 46.4 Å². The first-order valence-electron chi connectivity index (χ1n) is 5.45. The van der Waals surface area contributed by atoms with Crippen molar-refractivity contribution in [2.45, 2.75) is 19.9 Å². The maximum atomic E-state index is 12.1. The van der Waals surface area contributed by atoms with E-state index < -0.39 is 0 Å². The minimum absolute atomic E-state index is 0.0375. The van der Waals surface area contributed by atoms with Crippen LogP contribution < -0.4 is 11.3 Å². The molecule has 84 valence electrons. The van der Waals surface area contributed by atoms with E-state index in [2.05, 4.69) is 0 Å². The van der Waals surface area contributed by atoms with E-state index in [9.17, 15) is 4.79 Å². The summed E-state index contributed by atoms with van der Waals surface area (Å²) in [6.07, 6.45) is 1.82. The lowest BCUT2D eigenvalue weighted by Gasteiger charge is -2.13. The van der Waals surface area contributed by atoms with Crippen molar-refractivity contribution in [1.82, 2.24) is 4.57 Å². The number of nitrogens with zero attached hydrogens (tertiary/aromatic N) is 1. The van der Waals surface area contributed by atoms with Gasteiger partial charge < -0.3 is 10.3 Å². The summed E-state index contributed by atoms with van der Waals surface area (Å²) < 4.78 is 1.69. The third-order valence-electron chi connectivity index (χ3n) is 2.90. The van der Waals surface area contributed by atoms with Gasteiger partial charge in [-0.25, -0.2) is 0 Å². The fourth-order valence-corrected chi connectivity index (χ4v) is 1.84. The van der Waals surface area contributed by atoms with E-state index in [-0.39, 0.29) is 11.6 Å². The molecule has 3 heteroatoms. The van der Waals surface area contributed by atoms with Gasteiger partial charge in [0.25, 0.3) is 5.56 Å². The van der Waals surface area contributed by atoms with E-state index in [1.54, 1.807) is 4.57 Å². The minimum Gasteiger partial charge on any atom is -0.328 e. The molecule has 2 rings (SSSR count). The molecule has 0 saturated heterocycles. The maximum Gasteiger partial charge on any atom is 0.258 e. The van der Waals surface area contributed by atoms with Crippen molar-refractivity contribution in [2.24, 2.45) is 5.73 Å². The van der Waals surface area contributed by atoms with Gasteiger partial charge in [-0.15, -0.1) is 0 Å². The van der Waals surface area contributed by atoms with Gasteiger partial charge in [0, 0.05) is 24.2 Å².